The zero-order chi connectivity index (χ0) is 15.4. The van der Waals surface area contributed by atoms with Crippen LogP contribution < -0.4 is 9.47 Å². The third-order valence-electron chi connectivity index (χ3n) is 3.74. The molecule has 1 aliphatic rings. The number of rotatable bonds is 2. The summed E-state index contributed by atoms with van der Waals surface area (Å²) >= 11 is -0.281. The van der Waals surface area contributed by atoms with E-state index in [0.717, 1.165) is 4.44 Å². The molecule has 8 heteroatoms. The van der Waals surface area contributed by atoms with Crippen LogP contribution in [0.15, 0.2) is 17.0 Å². The number of aromatic nitrogens is 2. The van der Waals surface area contributed by atoms with Crippen molar-refractivity contribution in [3.8, 4) is 22.8 Å². The Hall–Kier alpha value is -1.37. The quantitative estimate of drug-likeness (QED) is 0.737. The van der Waals surface area contributed by atoms with Gasteiger partial charge in [0.25, 0.3) is 0 Å². The van der Waals surface area contributed by atoms with Crippen LogP contribution >= 0.6 is 0 Å². The van der Waals surface area contributed by atoms with Crippen LogP contribution in [0.1, 0.15) is 18.3 Å². The van der Waals surface area contributed by atoms with Crippen molar-refractivity contribution in [2.75, 3.05) is 14.2 Å². The fourth-order valence-electron chi connectivity index (χ4n) is 2.43. The van der Waals surface area contributed by atoms with Gasteiger partial charge in [0.1, 0.15) is 0 Å². The first-order valence-corrected chi connectivity index (χ1v) is 9.29. The van der Waals surface area contributed by atoms with E-state index in [4.69, 9.17) is 9.47 Å². The van der Waals surface area contributed by atoms with E-state index in [0.29, 0.717) is 22.8 Å². The molecule has 112 valence electrons. The first-order valence-electron chi connectivity index (χ1n) is 6.18. The third kappa shape index (κ3) is 1.79. The van der Waals surface area contributed by atoms with Gasteiger partial charge in [0, 0.05) is 0 Å². The molecular weight excluding hydrogens is 359 g/mol. The molecule has 21 heavy (non-hydrogen) atoms. The summed E-state index contributed by atoms with van der Waals surface area (Å²) in [5, 5.41) is 4.16. The van der Waals surface area contributed by atoms with Crippen molar-refractivity contribution in [3.05, 3.63) is 16.6 Å². The monoisotopic (exact) mass is 374 g/mol. The summed E-state index contributed by atoms with van der Waals surface area (Å²) in [5.74, 6) is 0.868. The van der Waals surface area contributed by atoms with Crippen molar-refractivity contribution in [1.29, 1.82) is 0 Å². The predicted octanol–water partition coefficient (Wildman–Crippen LogP) is 1.24. The molecule has 0 saturated carbocycles. The van der Waals surface area contributed by atoms with Crippen LogP contribution in [0.3, 0.4) is 0 Å². The molecule has 0 bridgehead atoms. The summed E-state index contributed by atoms with van der Waals surface area (Å²) in [7, 11) is -0.535. The molecule has 2 aromatic rings. The molecule has 0 spiro atoms. The van der Waals surface area contributed by atoms with Crippen molar-refractivity contribution in [1.82, 2.24) is 9.19 Å². The van der Waals surface area contributed by atoms with E-state index in [9.17, 15) is 8.42 Å². The maximum absolute atomic E-state index is 12.9. The molecule has 1 aromatic carbocycles. The number of hydrogen-bond donors (Lipinski definition) is 0. The minimum atomic E-state index is -3.53. The summed E-state index contributed by atoms with van der Waals surface area (Å²) < 4.78 is 40.2. The van der Waals surface area contributed by atoms with Gasteiger partial charge in [-0.15, -0.1) is 0 Å². The van der Waals surface area contributed by atoms with E-state index >= 15 is 0 Å². The maximum atomic E-state index is 12.9. The zero-order valence-electron chi connectivity index (χ0n) is 12.0. The van der Waals surface area contributed by atoms with Gasteiger partial charge in [0.2, 0.25) is 0 Å². The minimum absolute atomic E-state index is 0.223. The molecule has 1 aromatic heterocycles. The van der Waals surface area contributed by atoms with Gasteiger partial charge in [0.05, 0.1) is 0 Å². The number of hydrogen-bond acceptors (Lipinski definition) is 6. The molecule has 0 fully saturated rings. The summed E-state index contributed by atoms with van der Waals surface area (Å²) in [6.07, 6.45) is 0. The van der Waals surface area contributed by atoms with E-state index in [1.54, 1.807) is 19.9 Å². The molecule has 2 heterocycles. The van der Waals surface area contributed by atoms with Crippen molar-refractivity contribution in [2.24, 2.45) is 0 Å². The van der Waals surface area contributed by atoms with Gasteiger partial charge in [0.15, 0.2) is 0 Å². The Morgan fingerprint density at radius 1 is 1.14 bits per heavy atom. The Morgan fingerprint density at radius 3 is 2.38 bits per heavy atom. The normalized spacial score (nSPS) is 17.7. The second-order valence-electron chi connectivity index (χ2n) is 5.17. The number of fused-ring (bicyclic) bond motifs is 3. The van der Waals surface area contributed by atoms with E-state index < -0.39 is 14.6 Å². The van der Waals surface area contributed by atoms with E-state index in [1.165, 1.54) is 20.3 Å². The van der Waals surface area contributed by atoms with Crippen LogP contribution in [0.2, 0.25) is 0 Å². The van der Waals surface area contributed by atoms with Crippen molar-refractivity contribution >= 4 is 24.6 Å². The average Bonchev–Trinajstić information content (AvgIpc) is 2.94. The molecule has 0 amide bonds. The van der Waals surface area contributed by atoms with Gasteiger partial charge in [-0.2, -0.15) is 0 Å². The Balaban J connectivity index is 2.44. The molecule has 1 aliphatic heterocycles. The first kappa shape index (κ1) is 14.6. The van der Waals surface area contributed by atoms with E-state index in [1.807, 2.05) is 0 Å². The first-order chi connectivity index (χ1) is 9.84. The van der Waals surface area contributed by atoms with Crippen LogP contribution in [0, 0.1) is 0 Å². The Morgan fingerprint density at radius 2 is 1.76 bits per heavy atom. The summed E-state index contributed by atoms with van der Waals surface area (Å²) in [6, 6.07) is 3.17. The number of ether oxygens (including phenoxy) is 2. The van der Waals surface area contributed by atoms with Crippen LogP contribution in [-0.2, 0) is 14.6 Å². The molecule has 0 radical (unpaired) electrons. The summed E-state index contributed by atoms with van der Waals surface area (Å²) in [6.45, 7) is 3.41. The van der Waals surface area contributed by atoms with Gasteiger partial charge >= 0.3 is 129 Å². The van der Waals surface area contributed by atoms with E-state index in [2.05, 4.69) is 9.19 Å². The Kier molecular flexibility index (Phi) is 3.16. The standard InChI is InChI=1S/C13H14N2O4SSe/c1-13(2)12-11(14-15-21-12)7-5-8(18-3)9(19-4)6-10(7)20(13,16)17/h5-6H,1-4H3. The van der Waals surface area contributed by atoms with Crippen molar-refractivity contribution in [3.63, 3.8) is 0 Å². The molecule has 0 saturated heterocycles. The second kappa shape index (κ2) is 4.56. The van der Waals surface area contributed by atoms with Crippen LogP contribution in [-0.4, -0.2) is 46.6 Å². The number of benzene rings is 1. The molecule has 0 unspecified atom stereocenters. The molecule has 0 N–H and O–H groups in total. The van der Waals surface area contributed by atoms with Crippen LogP contribution in [0.5, 0.6) is 11.5 Å². The summed E-state index contributed by atoms with van der Waals surface area (Å²) in [4.78, 5) is 0.223. The third-order valence-corrected chi connectivity index (χ3v) is 8.70. The van der Waals surface area contributed by atoms with Crippen LogP contribution in [0.25, 0.3) is 11.3 Å². The predicted molar refractivity (Wildman–Crippen MR) is 77.7 cm³/mol. The fraction of sp³-hybridized carbons (Fsp3) is 0.385. The molecular formula is C13H14N2O4SSe. The Labute approximate surface area is 129 Å². The van der Waals surface area contributed by atoms with Gasteiger partial charge in [-0.05, 0) is 0 Å². The van der Waals surface area contributed by atoms with Crippen molar-refractivity contribution < 1.29 is 17.9 Å². The Bertz CT molecular complexity index is 827. The number of methoxy groups -OCH3 is 2. The van der Waals surface area contributed by atoms with Gasteiger partial charge in [-0.1, -0.05) is 0 Å². The topological polar surface area (TPSA) is 78.4 Å². The zero-order valence-corrected chi connectivity index (χ0v) is 14.5. The number of sulfone groups is 1. The molecule has 6 nitrogen and oxygen atoms in total. The fourth-order valence-corrected chi connectivity index (χ4v) is 6.30. The summed E-state index contributed by atoms with van der Waals surface area (Å²) in [5.41, 5.74) is 1.20. The average molecular weight is 373 g/mol. The SMILES string of the molecule is COc1cc2c(cc1OC)S(=O)(=O)C(C)(C)c1[se]nnc1-2. The van der Waals surface area contributed by atoms with Gasteiger partial charge in [-0.3, -0.25) is 0 Å². The second-order valence-corrected chi connectivity index (χ2v) is 9.22. The van der Waals surface area contributed by atoms with Gasteiger partial charge in [-0.25, -0.2) is 0 Å². The molecule has 3 rings (SSSR count). The van der Waals surface area contributed by atoms with E-state index in [-0.39, 0.29) is 19.6 Å². The molecule has 0 atom stereocenters. The van der Waals surface area contributed by atoms with Gasteiger partial charge < -0.3 is 0 Å². The molecule has 0 aliphatic carbocycles. The van der Waals surface area contributed by atoms with Crippen molar-refractivity contribution in [2.45, 2.75) is 23.5 Å². The van der Waals surface area contributed by atoms with Crippen LogP contribution in [0.4, 0.5) is 0 Å². The number of nitrogens with zero attached hydrogens (tertiary/aromatic N) is 2.